The number of imidazole rings is 1. The minimum atomic E-state index is 0.0858. The Labute approximate surface area is 171 Å². The predicted molar refractivity (Wildman–Crippen MR) is 112 cm³/mol. The molecule has 1 amide bonds. The van der Waals surface area contributed by atoms with Crippen molar-refractivity contribution in [1.29, 1.82) is 0 Å². The van der Waals surface area contributed by atoms with Crippen molar-refractivity contribution < 1.29 is 9.53 Å². The number of carbonyl (C=O) groups excluding carboxylic acids is 1. The first-order valence-corrected chi connectivity index (χ1v) is 10.6. The number of aromatic nitrogens is 2. The van der Waals surface area contributed by atoms with Gasteiger partial charge in [0.05, 0.1) is 11.3 Å². The molecule has 1 aromatic carbocycles. The molecule has 5 rings (SSSR count). The lowest BCUT2D eigenvalue weighted by Gasteiger charge is -2.52. The van der Waals surface area contributed by atoms with Crippen molar-refractivity contribution in [2.75, 3.05) is 13.1 Å². The van der Waals surface area contributed by atoms with Gasteiger partial charge >= 0.3 is 0 Å². The topological polar surface area (TPSA) is 46.8 Å². The quantitative estimate of drug-likeness (QED) is 0.654. The highest BCUT2D eigenvalue weighted by molar-refractivity contribution is 5.97. The molecule has 0 unspecified atom stereocenters. The molecule has 1 aliphatic carbocycles. The van der Waals surface area contributed by atoms with E-state index in [0.717, 1.165) is 30.0 Å². The molecule has 29 heavy (non-hydrogen) atoms. The molecule has 3 aromatic rings. The van der Waals surface area contributed by atoms with Gasteiger partial charge in [0.2, 0.25) is 0 Å². The van der Waals surface area contributed by atoms with Crippen LogP contribution in [0.3, 0.4) is 0 Å². The number of carbonyl (C=O) groups is 1. The molecule has 0 radical (unpaired) electrons. The number of benzene rings is 1. The van der Waals surface area contributed by atoms with E-state index in [-0.39, 0.29) is 5.91 Å². The number of rotatable bonds is 4. The Bertz CT molecular complexity index is 1040. The highest BCUT2D eigenvalue weighted by atomic mass is 16.5. The predicted octanol–water partition coefficient (Wildman–Crippen LogP) is 4.63. The summed E-state index contributed by atoms with van der Waals surface area (Å²) in [5.74, 6) is 0.721. The highest BCUT2D eigenvalue weighted by Gasteiger charge is 2.45. The van der Waals surface area contributed by atoms with Crippen molar-refractivity contribution in [1.82, 2.24) is 14.3 Å². The Morgan fingerprint density at radius 3 is 2.69 bits per heavy atom. The van der Waals surface area contributed by atoms with E-state index < -0.39 is 0 Å². The van der Waals surface area contributed by atoms with Gasteiger partial charge in [0.15, 0.2) is 0 Å². The highest BCUT2D eigenvalue weighted by Crippen LogP contribution is 2.44. The number of pyridine rings is 1. The maximum atomic E-state index is 13.1. The van der Waals surface area contributed by atoms with Gasteiger partial charge in [-0.15, -0.1) is 0 Å². The van der Waals surface area contributed by atoms with Crippen LogP contribution < -0.4 is 4.74 Å². The van der Waals surface area contributed by atoms with Gasteiger partial charge in [-0.2, -0.15) is 0 Å². The van der Waals surface area contributed by atoms with E-state index in [1.807, 2.05) is 65.0 Å². The summed E-state index contributed by atoms with van der Waals surface area (Å²) in [6.07, 6.45) is 10.5. The van der Waals surface area contributed by atoms with E-state index in [2.05, 4.69) is 4.98 Å². The van der Waals surface area contributed by atoms with E-state index in [0.29, 0.717) is 23.3 Å². The molecule has 150 valence electrons. The number of nitrogens with zero attached hydrogens (tertiary/aromatic N) is 3. The molecule has 0 N–H and O–H groups in total. The van der Waals surface area contributed by atoms with Crippen molar-refractivity contribution in [3.05, 3.63) is 65.6 Å². The number of hydrogen-bond donors (Lipinski definition) is 0. The molecule has 2 fully saturated rings. The van der Waals surface area contributed by atoms with Crippen molar-refractivity contribution in [3.8, 4) is 5.75 Å². The van der Waals surface area contributed by atoms with E-state index in [1.54, 1.807) is 0 Å². The third kappa shape index (κ3) is 3.39. The number of aryl methyl sites for hydroxylation is 1. The Kier molecular flexibility index (Phi) is 4.53. The van der Waals surface area contributed by atoms with Crippen LogP contribution in [0.1, 0.15) is 53.7 Å². The second-order valence-corrected chi connectivity index (χ2v) is 8.66. The Morgan fingerprint density at radius 2 is 1.90 bits per heavy atom. The number of fused-ring (bicyclic) bond motifs is 1. The molecule has 0 atom stereocenters. The van der Waals surface area contributed by atoms with Gasteiger partial charge in [-0.05, 0) is 43.5 Å². The second kappa shape index (κ2) is 7.21. The normalized spacial score (nSPS) is 18.0. The zero-order chi connectivity index (χ0) is 19.8. The van der Waals surface area contributed by atoms with Crippen LogP contribution in [-0.4, -0.2) is 33.3 Å². The number of para-hydroxylation sites is 1. The summed E-state index contributed by atoms with van der Waals surface area (Å²) in [4.78, 5) is 19.7. The lowest BCUT2D eigenvalue weighted by atomic mass is 9.68. The number of ether oxygens (including phenoxy) is 1. The standard InChI is InChI=1S/C24H27N3O2/c1-18-8-7-13-26-14-19(25-22(18)26)15-29-21-10-4-3-9-20(21)23(28)27-16-24(17-27)11-5-2-6-12-24/h3-4,7-10,13-14H,2,5-6,11-12,15-17H2,1H3. The molecule has 1 spiro atoms. The van der Waals surface area contributed by atoms with Gasteiger partial charge < -0.3 is 14.0 Å². The van der Waals surface area contributed by atoms with Crippen LogP contribution in [0.15, 0.2) is 48.8 Å². The maximum Gasteiger partial charge on any atom is 0.257 e. The van der Waals surface area contributed by atoms with Crippen LogP contribution in [0.5, 0.6) is 5.75 Å². The Morgan fingerprint density at radius 1 is 1.10 bits per heavy atom. The van der Waals surface area contributed by atoms with Crippen molar-refractivity contribution in [2.24, 2.45) is 5.41 Å². The van der Waals surface area contributed by atoms with Gasteiger partial charge in [-0.3, -0.25) is 4.79 Å². The smallest absolute Gasteiger partial charge is 0.257 e. The number of hydrogen-bond acceptors (Lipinski definition) is 3. The van der Waals surface area contributed by atoms with Crippen LogP contribution in [0, 0.1) is 12.3 Å². The molecular formula is C24H27N3O2. The second-order valence-electron chi connectivity index (χ2n) is 8.66. The maximum absolute atomic E-state index is 13.1. The fraction of sp³-hybridized carbons (Fsp3) is 0.417. The molecule has 2 aromatic heterocycles. The van der Waals surface area contributed by atoms with Crippen LogP contribution in [0.25, 0.3) is 5.65 Å². The van der Waals surface area contributed by atoms with Crippen molar-refractivity contribution >= 4 is 11.6 Å². The average molecular weight is 389 g/mol. The van der Waals surface area contributed by atoms with Crippen LogP contribution >= 0.6 is 0 Å². The zero-order valence-corrected chi connectivity index (χ0v) is 16.9. The summed E-state index contributed by atoms with van der Waals surface area (Å²) < 4.78 is 8.05. The molecule has 0 bridgehead atoms. The Balaban J connectivity index is 1.29. The molecule has 1 aliphatic heterocycles. The van der Waals surface area contributed by atoms with Crippen LogP contribution in [0.4, 0.5) is 0 Å². The van der Waals surface area contributed by atoms with Crippen LogP contribution in [0.2, 0.25) is 0 Å². The molecular weight excluding hydrogens is 362 g/mol. The average Bonchev–Trinajstić information content (AvgIpc) is 3.15. The summed E-state index contributed by atoms with van der Waals surface area (Å²) in [6, 6.07) is 11.6. The minimum Gasteiger partial charge on any atom is -0.486 e. The van der Waals surface area contributed by atoms with E-state index >= 15 is 0 Å². The van der Waals surface area contributed by atoms with Crippen molar-refractivity contribution in [2.45, 2.75) is 45.6 Å². The first-order valence-electron chi connectivity index (χ1n) is 10.6. The first-order chi connectivity index (χ1) is 14.1. The summed E-state index contributed by atoms with van der Waals surface area (Å²) >= 11 is 0. The minimum absolute atomic E-state index is 0.0858. The first kappa shape index (κ1) is 18.2. The summed E-state index contributed by atoms with van der Waals surface area (Å²) in [5.41, 5.74) is 3.96. The summed E-state index contributed by atoms with van der Waals surface area (Å²) in [6.45, 7) is 4.18. The van der Waals surface area contributed by atoms with Gasteiger partial charge in [0.25, 0.3) is 5.91 Å². The van der Waals surface area contributed by atoms with Crippen LogP contribution in [-0.2, 0) is 6.61 Å². The van der Waals surface area contributed by atoms with Gasteiger partial charge in [-0.1, -0.05) is 37.5 Å². The third-order valence-electron chi connectivity index (χ3n) is 6.47. The largest absolute Gasteiger partial charge is 0.486 e. The third-order valence-corrected chi connectivity index (χ3v) is 6.47. The number of likely N-dealkylation sites (tertiary alicyclic amines) is 1. The number of amides is 1. The van der Waals surface area contributed by atoms with E-state index in [9.17, 15) is 4.79 Å². The van der Waals surface area contributed by atoms with Gasteiger partial charge in [0, 0.05) is 30.9 Å². The fourth-order valence-electron chi connectivity index (χ4n) is 4.89. The Hall–Kier alpha value is -2.82. The van der Waals surface area contributed by atoms with Crippen molar-refractivity contribution in [3.63, 3.8) is 0 Å². The van der Waals surface area contributed by atoms with E-state index in [4.69, 9.17) is 4.74 Å². The molecule has 1 saturated carbocycles. The lowest BCUT2D eigenvalue weighted by Crippen LogP contribution is -2.59. The van der Waals surface area contributed by atoms with Gasteiger partial charge in [0.1, 0.15) is 18.0 Å². The molecule has 3 heterocycles. The molecule has 1 saturated heterocycles. The SMILES string of the molecule is Cc1cccn2cc(COc3ccccc3C(=O)N3CC4(CCCCC4)C3)nc12. The zero-order valence-electron chi connectivity index (χ0n) is 16.9. The van der Waals surface area contributed by atoms with E-state index in [1.165, 1.54) is 32.1 Å². The molecule has 5 heteroatoms. The molecule has 5 nitrogen and oxygen atoms in total. The summed E-state index contributed by atoms with van der Waals surface area (Å²) in [5, 5.41) is 0. The fourth-order valence-corrected chi connectivity index (χ4v) is 4.89. The lowest BCUT2D eigenvalue weighted by molar-refractivity contribution is -0.0156. The molecule has 2 aliphatic rings. The van der Waals surface area contributed by atoms with Gasteiger partial charge in [-0.25, -0.2) is 4.98 Å². The summed E-state index contributed by atoms with van der Waals surface area (Å²) in [7, 11) is 0. The monoisotopic (exact) mass is 389 g/mol.